The summed E-state index contributed by atoms with van der Waals surface area (Å²) in [7, 11) is 0. The smallest absolute Gasteiger partial charge is 0.248 e. The second kappa shape index (κ2) is 6.89. The van der Waals surface area contributed by atoms with Crippen LogP contribution >= 0.6 is 11.6 Å². The fourth-order valence-corrected chi connectivity index (χ4v) is 2.16. The second-order valence-corrected chi connectivity index (χ2v) is 4.82. The molecule has 0 N–H and O–H groups in total. The van der Waals surface area contributed by atoms with E-state index >= 15 is 0 Å². The lowest BCUT2D eigenvalue weighted by molar-refractivity contribution is -0.143. The number of morpholine rings is 1. The van der Waals surface area contributed by atoms with Crippen LogP contribution in [0.1, 0.15) is 18.6 Å². The highest BCUT2D eigenvalue weighted by molar-refractivity contribution is 6.30. The standard InChI is InChI=1S/C14H18ClNO3/c1-2-18-10-14(17)16-7-8-19-13(9-16)11-3-5-12(15)6-4-11/h3-6,13H,2,7-10H2,1H3/t13-/m0/s1. The molecule has 0 aliphatic carbocycles. The van der Waals surface area contributed by atoms with Gasteiger partial charge in [-0.15, -0.1) is 0 Å². The Morgan fingerprint density at radius 1 is 1.47 bits per heavy atom. The highest BCUT2D eigenvalue weighted by Gasteiger charge is 2.25. The van der Waals surface area contributed by atoms with E-state index < -0.39 is 0 Å². The molecular weight excluding hydrogens is 266 g/mol. The number of halogens is 1. The van der Waals surface area contributed by atoms with Gasteiger partial charge in [0.2, 0.25) is 5.91 Å². The number of hydrogen-bond donors (Lipinski definition) is 0. The number of carbonyl (C=O) groups excluding carboxylic acids is 1. The van der Waals surface area contributed by atoms with Crippen LogP contribution in [0.5, 0.6) is 0 Å². The second-order valence-electron chi connectivity index (χ2n) is 4.39. The summed E-state index contributed by atoms with van der Waals surface area (Å²) in [5.41, 5.74) is 1.04. The number of nitrogens with zero attached hydrogens (tertiary/aromatic N) is 1. The number of benzene rings is 1. The Balaban J connectivity index is 1.96. The lowest BCUT2D eigenvalue weighted by Gasteiger charge is -2.33. The van der Waals surface area contributed by atoms with Crippen LogP contribution < -0.4 is 0 Å². The topological polar surface area (TPSA) is 38.8 Å². The maximum atomic E-state index is 11.9. The third-order valence-corrected chi connectivity index (χ3v) is 3.34. The number of amides is 1. The Bertz CT molecular complexity index is 421. The van der Waals surface area contributed by atoms with Gasteiger partial charge in [-0.05, 0) is 24.6 Å². The molecule has 1 fully saturated rings. The van der Waals surface area contributed by atoms with Crippen LogP contribution in [0.2, 0.25) is 5.02 Å². The predicted octanol–water partition coefficient (Wildman–Crippen LogP) is 2.28. The molecule has 0 spiro atoms. The highest BCUT2D eigenvalue weighted by Crippen LogP contribution is 2.23. The summed E-state index contributed by atoms with van der Waals surface area (Å²) in [4.78, 5) is 13.7. The Labute approximate surface area is 118 Å². The number of ether oxygens (including phenoxy) is 2. The molecule has 1 aliphatic rings. The third kappa shape index (κ3) is 3.93. The number of rotatable bonds is 4. The minimum Gasteiger partial charge on any atom is -0.372 e. The zero-order chi connectivity index (χ0) is 13.7. The van der Waals surface area contributed by atoms with Crippen LogP contribution in [0, 0.1) is 0 Å². The maximum absolute atomic E-state index is 11.9. The van der Waals surface area contributed by atoms with Gasteiger partial charge >= 0.3 is 0 Å². The van der Waals surface area contributed by atoms with Crippen molar-refractivity contribution in [2.24, 2.45) is 0 Å². The van der Waals surface area contributed by atoms with Crippen LogP contribution in [0.25, 0.3) is 0 Å². The van der Waals surface area contributed by atoms with Crippen molar-refractivity contribution >= 4 is 17.5 Å². The summed E-state index contributed by atoms with van der Waals surface area (Å²) in [6.07, 6.45) is -0.0865. The largest absolute Gasteiger partial charge is 0.372 e. The molecule has 1 atom stereocenters. The summed E-state index contributed by atoms with van der Waals surface area (Å²) >= 11 is 5.87. The molecule has 1 saturated heterocycles. The van der Waals surface area contributed by atoms with Gasteiger partial charge in [-0.1, -0.05) is 23.7 Å². The van der Waals surface area contributed by atoms with Gasteiger partial charge in [0.05, 0.1) is 13.2 Å². The molecule has 0 radical (unpaired) electrons. The quantitative estimate of drug-likeness (QED) is 0.851. The van der Waals surface area contributed by atoms with E-state index in [2.05, 4.69) is 0 Å². The van der Waals surface area contributed by atoms with Crippen molar-refractivity contribution in [3.05, 3.63) is 34.9 Å². The van der Waals surface area contributed by atoms with Crippen LogP contribution in [-0.4, -0.2) is 43.7 Å². The molecular formula is C14H18ClNO3. The SMILES string of the molecule is CCOCC(=O)N1CCO[C@H](c2ccc(Cl)cc2)C1. The molecule has 19 heavy (non-hydrogen) atoms. The molecule has 0 bridgehead atoms. The monoisotopic (exact) mass is 283 g/mol. The van der Waals surface area contributed by atoms with Gasteiger partial charge in [0.25, 0.3) is 0 Å². The van der Waals surface area contributed by atoms with Crippen LogP contribution in [-0.2, 0) is 14.3 Å². The molecule has 5 heteroatoms. The average Bonchev–Trinajstić information content (AvgIpc) is 2.45. The first kappa shape index (κ1) is 14.3. The molecule has 1 heterocycles. The highest BCUT2D eigenvalue weighted by atomic mass is 35.5. The van der Waals surface area contributed by atoms with Gasteiger partial charge in [-0.25, -0.2) is 0 Å². The summed E-state index contributed by atoms with van der Waals surface area (Å²) in [6, 6.07) is 7.54. The van der Waals surface area contributed by atoms with E-state index in [9.17, 15) is 4.79 Å². The van der Waals surface area contributed by atoms with Crippen molar-refractivity contribution in [1.29, 1.82) is 0 Å². The van der Waals surface area contributed by atoms with Crippen molar-refractivity contribution in [2.75, 3.05) is 32.9 Å². The molecule has 0 unspecified atom stereocenters. The van der Waals surface area contributed by atoms with Crippen molar-refractivity contribution < 1.29 is 14.3 Å². The predicted molar refractivity (Wildman–Crippen MR) is 73.2 cm³/mol. The summed E-state index contributed by atoms with van der Waals surface area (Å²) in [5.74, 6) is 0.0177. The molecule has 1 amide bonds. The van der Waals surface area contributed by atoms with Crippen LogP contribution in [0.3, 0.4) is 0 Å². The van der Waals surface area contributed by atoms with Gasteiger partial charge in [0.1, 0.15) is 12.7 Å². The van der Waals surface area contributed by atoms with Crippen LogP contribution in [0.4, 0.5) is 0 Å². The first-order valence-corrected chi connectivity index (χ1v) is 6.81. The van der Waals surface area contributed by atoms with Gasteiger partial charge < -0.3 is 14.4 Å². The first-order chi connectivity index (χ1) is 9.20. The van der Waals surface area contributed by atoms with Crippen molar-refractivity contribution in [3.63, 3.8) is 0 Å². The Morgan fingerprint density at radius 2 is 2.21 bits per heavy atom. The summed E-state index contributed by atoms with van der Waals surface area (Å²) in [6.45, 7) is 4.30. The fraction of sp³-hybridized carbons (Fsp3) is 0.500. The van der Waals surface area contributed by atoms with E-state index in [-0.39, 0.29) is 18.6 Å². The Morgan fingerprint density at radius 3 is 2.89 bits per heavy atom. The van der Waals surface area contributed by atoms with E-state index in [1.54, 1.807) is 4.90 Å². The molecule has 0 saturated carbocycles. The molecule has 1 aromatic rings. The van der Waals surface area contributed by atoms with Crippen molar-refractivity contribution in [3.8, 4) is 0 Å². The van der Waals surface area contributed by atoms with Crippen molar-refractivity contribution in [2.45, 2.75) is 13.0 Å². The first-order valence-electron chi connectivity index (χ1n) is 6.43. The average molecular weight is 284 g/mol. The van der Waals surface area contributed by atoms with Gasteiger partial charge in [-0.3, -0.25) is 4.79 Å². The third-order valence-electron chi connectivity index (χ3n) is 3.09. The fourth-order valence-electron chi connectivity index (χ4n) is 2.04. The Hall–Kier alpha value is -1.10. The molecule has 0 aromatic heterocycles. The zero-order valence-electron chi connectivity index (χ0n) is 11.0. The minimum atomic E-state index is -0.0865. The molecule has 104 valence electrons. The Kier molecular flexibility index (Phi) is 5.19. The van der Waals surface area contributed by atoms with E-state index in [4.69, 9.17) is 21.1 Å². The van der Waals surface area contributed by atoms with Gasteiger partial charge in [0.15, 0.2) is 0 Å². The zero-order valence-corrected chi connectivity index (χ0v) is 11.7. The van der Waals surface area contributed by atoms with Crippen LogP contribution in [0.15, 0.2) is 24.3 Å². The van der Waals surface area contributed by atoms with E-state index in [1.165, 1.54) is 0 Å². The van der Waals surface area contributed by atoms with E-state index in [1.807, 2.05) is 31.2 Å². The van der Waals surface area contributed by atoms with Crippen molar-refractivity contribution in [1.82, 2.24) is 4.90 Å². The van der Waals surface area contributed by atoms with Gasteiger partial charge in [0, 0.05) is 18.2 Å². The molecule has 4 nitrogen and oxygen atoms in total. The maximum Gasteiger partial charge on any atom is 0.248 e. The normalized spacial score (nSPS) is 19.5. The lowest BCUT2D eigenvalue weighted by atomic mass is 10.1. The lowest BCUT2D eigenvalue weighted by Crippen LogP contribution is -2.43. The number of hydrogen-bond acceptors (Lipinski definition) is 3. The summed E-state index contributed by atoms with van der Waals surface area (Å²) in [5, 5.41) is 0.698. The molecule has 1 aliphatic heterocycles. The molecule has 2 rings (SSSR count). The number of carbonyl (C=O) groups is 1. The minimum absolute atomic E-state index is 0.0177. The van der Waals surface area contributed by atoms with E-state index in [0.29, 0.717) is 31.3 Å². The molecule has 1 aromatic carbocycles. The van der Waals surface area contributed by atoms with Gasteiger partial charge in [-0.2, -0.15) is 0 Å². The van der Waals surface area contributed by atoms with E-state index in [0.717, 1.165) is 5.56 Å². The summed E-state index contributed by atoms with van der Waals surface area (Å²) < 4.78 is 10.9.